The molecule has 0 heterocycles. The highest BCUT2D eigenvalue weighted by Crippen LogP contribution is 2.33. The van der Waals surface area contributed by atoms with Crippen LogP contribution in [0.2, 0.25) is 26.2 Å². The predicted octanol–water partition coefficient (Wildman–Crippen LogP) is 2.65. The van der Waals surface area contributed by atoms with E-state index < -0.39 is 18.1 Å². The standard InChI is InChI=1S/C10H24O2Si2/c1-13(2)11-10(12-14(3)4)8-6-5-7-9-10/h13-14H,5-9H2,1-4H3. The molecule has 1 fully saturated rings. The highest BCUT2D eigenvalue weighted by Gasteiger charge is 2.35. The Kier molecular flexibility index (Phi) is 4.83. The van der Waals surface area contributed by atoms with Crippen LogP contribution in [0.4, 0.5) is 0 Å². The lowest BCUT2D eigenvalue weighted by molar-refractivity contribution is -0.142. The molecular formula is C10H24O2Si2. The number of rotatable bonds is 4. The largest absolute Gasteiger partial charge is 0.394 e. The molecule has 0 N–H and O–H groups in total. The summed E-state index contributed by atoms with van der Waals surface area (Å²) in [4.78, 5) is 0. The van der Waals surface area contributed by atoms with Gasteiger partial charge in [0.05, 0.1) is 0 Å². The van der Waals surface area contributed by atoms with Gasteiger partial charge in [-0.2, -0.15) is 0 Å². The first-order valence-corrected chi connectivity index (χ1v) is 11.5. The number of hydrogen-bond donors (Lipinski definition) is 0. The van der Waals surface area contributed by atoms with E-state index in [2.05, 4.69) is 26.2 Å². The fraction of sp³-hybridized carbons (Fsp3) is 1.00. The lowest BCUT2D eigenvalue weighted by Crippen LogP contribution is -2.44. The van der Waals surface area contributed by atoms with Gasteiger partial charge in [-0.05, 0) is 51.9 Å². The van der Waals surface area contributed by atoms with Gasteiger partial charge in [0.25, 0.3) is 0 Å². The summed E-state index contributed by atoms with van der Waals surface area (Å²) in [5.74, 6) is -0.154. The van der Waals surface area contributed by atoms with Crippen LogP contribution >= 0.6 is 0 Å². The van der Waals surface area contributed by atoms with Crippen LogP contribution in [0, 0.1) is 0 Å². The zero-order valence-electron chi connectivity index (χ0n) is 10.0. The average Bonchev–Trinajstić information content (AvgIpc) is 2.01. The molecule has 1 aliphatic rings. The van der Waals surface area contributed by atoms with E-state index in [0.29, 0.717) is 0 Å². The maximum atomic E-state index is 6.14. The molecule has 0 aromatic rings. The summed E-state index contributed by atoms with van der Waals surface area (Å²) in [6, 6.07) is 0. The summed E-state index contributed by atoms with van der Waals surface area (Å²) in [5, 5.41) is 0. The first-order valence-electron chi connectivity index (χ1n) is 5.90. The van der Waals surface area contributed by atoms with Crippen molar-refractivity contribution < 1.29 is 8.85 Å². The quantitative estimate of drug-likeness (QED) is 0.548. The van der Waals surface area contributed by atoms with Crippen molar-refractivity contribution in [2.75, 3.05) is 0 Å². The fourth-order valence-corrected chi connectivity index (χ4v) is 4.62. The van der Waals surface area contributed by atoms with Crippen molar-refractivity contribution in [1.29, 1.82) is 0 Å². The lowest BCUT2D eigenvalue weighted by Gasteiger charge is -2.40. The maximum absolute atomic E-state index is 6.14. The van der Waals surface area contributed by atoms with Crippen molar-refractivity contribution in [3.63, 3.8) is 0 Å². The van der Waals surface area contributed by atoms with Crippen LogP contribution in [-0.4, -0.2) is 23.9 Å². The van der Waals surface area contributed by atoms with Crippen LogP contribution < -0.4 is 0 Å². The molecule has 1 aliphatic carbocycles. The smallest absolute Gasteiger partial charge is 0.174 e. The van der Waals surface area contributed by atoms with Crippen LogP contribution in [0.5, 0.6) is 0 Å². The summed E-state index contributed by atoms with van der Waals surface area (Å²) in [7, 11) is -1.95. The minimum Gasteiger partial charge on any atom is -0.394 e. The van der Waals surface area contributed by atoms with E-state index in [1.165, 1.54) is 19.3 Å². The van der Waals surface area contributed by atoms with Crippen molar-refractivity contribution in [3.05, 3.63) is 0 Å². The van der Waals surface area contributed by atoms with Crippen molar-refractivity contribution in [3.8, 4) is 0 Å². The van der Waals surface area contributed by atoms with E-state index in [1.54, 1.807) is 0 Å². The van der Waals surface area contributed by atoms with E-state index >= 15 is 0 Å². The summed E-state index contributed by atoms with van der Waals surface area (Å²) >= 11 is 0. The van der Waals surface area contributed by atoms with E-state index in [-0.39, 0.29) is 5.79 Å². The molecule has 1 saturated carbocycles. The van der Waals surface area contributed by atoms with E-state index in [4.69, 9.17) is 8.85 Å². The molecule has 0 amide bonds. The normalized spacial score (nSPS) is 21.9. The summed E-state index contributed by atoms with van der Waals surface area (Å²) in [5.41, 5.74) is 0. The number of hydrogen-bond acceptors (Lipinski definition) is 2. The van der Waals surface area contributed by atoms with E-state index in [9.17, 15) is 0 Å². The molecule has 0 saturated heterocycles. The molecule has 0 aromatic carbocycles. The second-order valence-electron chi connectivity index (χ2n) is 4.80. The lowest BCUT2D eigenvalue weighted by atomic mass is 9.95. The molecule has 0 atom stereocenters. The Morgan fingerprint density at radius 3 is 1.57 bits per heavy atom. The van der Waals surface area contributed by atoms with Crippen molar-refractivity contribution in [2.45, 2.75) is 64.1 Å². The Morgan fingerprint density at radius 1 is 0.786 bits per heavy atom. The highest BCUT2D eigenvalue weighted by molar-refractivity contribution is 6.49. The molecule has 84 valence electrons. The molecule has 4 heteroatoms. The zero-order chi connectivity index (χ0) is 10.6. The van der Waals surface area contributed by atoms with Crippen LogP contribution in [0.3, 0.4) is 0 Å². The van der Waals surface area contributed by atoms with Gasteiger partial charge in [0.1, 0.15) is 5.79 Å². The van der Waals surface area contributed by atoms with Gasteiger partial charge < -0.3 is 8.85 Å². The summed E-state index contributed by atoms with van der Waals surface area (Å²) in [6.07, 6.45) is 6.17. The molecule has 0 spiro atoms. The minimum absolute atomic E-state index is 0.154. The van der Waals surface area contributed by atoms with Gasteiger partial charge in [-0.1, -0.05) is 6.42 Å². The maximum Gasteiger partial charge on any atom is 0.174 e. The Hall–Kier alpha value is 0.354. The van der Waals surface area contributed by atoms with E-state index in [1.807, 2.05) is 0 Å². The van der Waals surface area contributed by atoms with Crippen LogP contribution in [0.15, 0.2) is 0 Å². The first-order chi connectivity index (χ1) is 6.54. The molecule has 14 heavy (non-hydrogen) atoms. The predicted molar refractivity (Wildman–Crippen MR) is 65.7 cm³/mol. The zero-order valence-corrected chi connectivity index (χ0v) is 12.3. The third kappa shape index (κ3) is 3.84. The van der Waals surface area contributed by atoms with Gasteiger partial charge in [0.2, 0.25) is 0 Å². The van der Waals surface area contributed by atoms with Crippen molar-refractivity contribution in [1.82, 2.24) is 0 Å². The topological polar surface area (TPSA) is 18.5 Å². The second-order valence-corrected chi connectivity index (χ2v) is 9.47. The third-order valence-electron chi connectivity index (χ3n) is 2.52. The molecule has 0 aromatic heterocycles. The second kappa shape index (κ2) is 5.44. The van der Waals surface area contributed by atoms with Crippen LogP contribution in [-0.2, 0) is 8.85 Å². The Morgan fingerprint density at radius 2 is 1.21 bits per heavy atom. The Labute approximate surface area is 91.4 Å². The molecular weight excluding hydrogens is 208 g/mol. The van der Waals surface area contributed by atoms with E-state index in [0.717, 1.165) is 12.8 Å². The van der Waals surface area contributed by atoms with Crippen LogP contribution in [0.1, 0.15) is 32.1 Å². The molecule has 1 rings (SSSR count). The SMILES string of the molecule is C[SiH](C)OC1(O[SiH](C)C)CCCCC1. The molecule has 2 nitrogen and oxygen atoms in total. The summed E-state index contributed by atoms with van der Waals surface area (Å²) < 4.78 is 12.3. The van der Waals surface area contributed by atoms with Gasteiger partial charge in [-0.15, -0.1) is 0 Å². The van der Waals surface area contributed by atoms with Crippen molar-refractivity contribution >= 4 is 18.1 Å². The highest BCUT2D eigenvalue weighted by atomic mass is 28.3. The Balaban J connectivity index is 2.57. The van der Waals surface area contributed by atoms with Gasteiger partial charge in [-0.25, -0.2) is 0 Å². The van der Waals surface area contributed by atoms with Crippen molar-refractivity contribution in [2.24, 2.45) is 0 Å². The monoisotopic (exact) mass is 232 g/mol. The van der Waals surface area contributed by atoms with Gasteiger partial charge in [0.15, 0.2) is 18.1 Å². The third-order valence-corrected chi connectivity index (χ3v) is 4.32. The van der Waals surface area contributed by atoms with Crippen LogP contribution in [0.25, 0.3) is 0 Å². The Bertz CT molecular complexity index is 154. The van der Waals surface area contributed by atoms with Gasteiger partial charge in [-0.3, -0.25) is 0 Å². The summed E-state index contributed by atoms with van der Waals surface area (Å²) in [6.45, 7) is 8.95. The fourth-order valence-electron chi connectivity index (χ4n) is 2.21. The molecule has 0 bridgehead atoms. The van der Waals surface area contributed by atoms with Gasteiger partial charge >= 0.3 is 0 Å². The molecule has 0 radical (unpaired) electrons. The average molecular weight is 232 g/mol. The first kappa shape index (κ1) is 12.4. The molecule has 0 aliphatic heterocycles. The van der Waals surface area contributed by atoms with Gasteiger partial charge in [0, 0.05) is 0 Å². The minimum atomic E-state index is -0.973. The molecule has 0 unspecified atom stereocenters.